The minimum absolute atomic E-state index is 0.0756. The average molecular weight is 276 g/mol. The number of nitrogens with one attached hydrogen (secondary N) is 1. The Labute approximate surface area is 118 Å². The molecule has 0 aromatic heterocycles. The van der Waals surface area contributed by atoms with Crippen LogP contribution in [0.2, 0.25) is 0 Å². The number of benzene rings is 1. The number of Topliss-reactive ketones (excluding diaryl/α,β-unsaturated/α-hetero) is 1. The molecule has 0 aliphatic carbocycles. The summed E-state index contributed by atoms with van der Waals surface area (Å²) in [6.07, 6.45) is 0.492. The SMILES string of the molecule is Cc1cccc2c1OCCC(NC(=O)CN(C)C)C2=O. The molecule has 1 unspecified atom stereocenters. The standard InChI is InChI=1S/C15H20N2O3/c1-10-5-4-6-11-14(19)12(7-8-20-15(10)11)16-13(18)9-17(2)3/h4-6,12H,7-9H2,1-3H3,(H,16,18). The molecule has 1 aliphatic heterocycles. The summed E-state index contributed by atoms with van der Waals surface area (Å²) in [4.78, 5) is 26.1. The van der Waals surface area contributed by atoms with E-state index in [1.807, 2.05) is 33.2 Å². The quantitative estimate of drug-likeness (QED) is 0.895. The lowest BCUT2D eigenvalue weighted by Crippen LogP contribution is -2.44. The second kappa shape index (κ2) is 6.05. The Balaban J connectivity index is 2.17. The van der Waals surface area contributed by atoms with Crippen molar-refractivity contribution in [1.29, 1.82) is 0 Å². The highest BCUT2D eigenvalue weighted by molar-refractivity contribution is 6.04. The van der Waals surface area contributed by atoms with Crippen molar-refractivity contribution in [1.82, 2.24) is 10.2 Å². The largest absolute Gasteiger partial charge is 0.492 e. The van der Waals surface area contributed by atoms with E-state index < -0.39 is 6.04 Å². The molecule has 1 heterocycles. The lowest BCUT2D eigenvalue weighted by Gasteiger charge is -2.16. The van der Waals surface area contributed by atoms with E-state index in [0.717, 1.165) is 5.56 Å². The monoisotopic (exact) mass is 276 g/mol. The maximum absolute atomic E-state index is 12.5. The second-order valence-corrected chi connectivity index (χ2v) is 5.31. The van der Waals surface area contributed by atoms with E-state index >= 15 is 0 Å². The van der Waals surface area contributed by atoms with Gasteiger partial charge in [0.25, 0.3) is 0 Å². The molecule has 1 N–H and O–H groups in total. The smallest absolute Gasteiger partial charge is 0.234 e. The van der Waals surface area contributed by atoms with Crippen LogP contribution in [0, 0.1) is 6.92 Å². The molecule has 0 saturated carbocycles. The Morgan fingerprint density at radius 2 is 2.20 bits per heavy atom. The van der Waals surface area contributed by atoms with E-state index in [2.05, 4.69) is 5.32 Å². The molecule has 0 saturated heterocycles. The zero-order valence-electron chi connectivity index (χ0n) is 12.1. The Morgan fingerprint density at radius 3 is 2.90 bits per heavy atom. The number of ketones is 1. The normalized spacial score (nSPS) is 18.2. The van der Waals surface area contributed by atoms with Crippen LogP contribution in [-0.4, -0.2) is 49.9 Å². The Morgan fingerprint density at radius 1 is 1.45 bits per heavy atom. The molecule has 0 bridgehead atoms. The van der Waals surface area contributed by atoms with Gasteiger partial charge in [0.15, 0.2) is 5.78 Å². The van der Waals surface area contributed by atoms with E-state index in [1.54, 1.807) is 11.0 Å². The third kappa shape index (κ3) is 3.17. The first-order valence-corrected chi connectivity index (χ1v) is 6.69. The molecule has 1 aliphatic rings. The van der Waals surface area contributed by atoms with Crippen molar-refractivity contribution < 1.29 is 14.3 Å². The number of para-hydroxylation sites is 1. The fourth-order valence-corrected chi connectivity index (χ4v) is 2.30. The fourth-order valence-electron chi connectivity index (χ4n) is 2.30. The minimum Gasteiger partial charge on any atom is -0.492 e. The van der Waals surface area contributed by atoms with Crippen LogP contribution < -0.4 is 10.1 Å². The van der Waals surface area contributed by atoms with Gasteiger partial charge in [-0.3, -0.25) is 9.59 Å². The Kier molecular flexibility index (Phi) is 4.39. The van der Waals surface area contributed by atoms with Gasteiger partial charge in [-0.05, 0) is 32.6 Å². The number of carbonyl (C=O) groups excluding carboxylic acids is 2. The Bertz CT molecular complexity index is 526. The lowest BCUT2D eigenvalue weighted by atomic mass is 10.00. The molecule has 2 rings (SSSR count). The summed E-state index contributed by atoms with van der Waals surface area (Å²) in [5.74, 6) is 0.416. The summed E-state index contributed by atoms with van der Waals surface area (Å²) >= 11 is 0. The van der Waals surface area contributed by atoms with E-state index in [9.17, 15) is 9.59 Å². The molecule has 1 amide bonds. The maximum Gasteiger partial charge on any atom is 0.234 e. The fraction of sp³-hybridized carbons (Fsp3) is 0.467. The summed E-state index contributed by atoms with van der Waals surface area (Å²) in [5.41, 5.74) is 1.49. The summed E-state index contributed by atoms with van der Waals surface area (Å²) in [7, 11) is 3.63. The highest BCUT2D eigenvalue weighted by atomic mass is 16.5. The molecule has 0 radical (unpaired) electrons. The molecule has 0 fully saturated rings. The first kappa shape index (κ1) is 14.5. The van der Waals surface area contributed by atoms with E-state index in [-0.39, 0.29) is 18.2 Å². The molecule has 5 nitrogen and oxygen atoms in total. The lowest BCUT2D eigenvalue weighted by molar-refractivity contribution is -0.122. The average Bonchev–Trinajstić information content (AvgIpc) is 2.51. The summed E-state index contributed by atoms with van der Waals surface area (Å²) in [6, 6.07) is 4.99. The van der Waals surface area contributed by atoms with Crippen LogP contribution >= 0.6 is 0 Å². The van der Waals surface area contributed by atoms with Crippen molar-refractivity contribution >= 4 is 11.7 Å². The van der Waals surface area contributed by atoms with Gasteiger partial charge in [0.1, 0.15) is 5.75 Å². The number of hydrogen-bond donors (Lipinski definition) is 1. The van der Waals surface area contributed by atoms with Gasteiger partial charge in [-0.15, -0.1) is 0 Å². The number of likely N-dealkylation sites (N-methyl/N-ethyl adjacent to an activating group) is 1. The van der Waals surface area contributed by atoms with Crippen molar-refractivity contribution in [2.75, 3.05) is 27.2 Å². The first-order chi connectivity index (χ1) is 9.49. The molecule has 5 heteroatoms. The van der Waals surface area contributed by atoms with Crippen LogP contribution in [0.5, 0.6) is 5.75 Å². The molecule has 1 aromatic carbocycles. The van der Waals surface area contributed by atoms with Gasteiger partial charge in [-0.1, -0.05) is 12.1 Å². The van der Waals surface area contributed by atoms with Gasteiger partial charge < -0.3 is 15.0 Å². The van der Waals surface area contributed by atoms with Crippen LogP contribution in [0.15, 0.2) is 18.2 Å². The number of fused-ring (bicyclic) bond motifs is 1. The number of ether oxygens (including phenoxy) is 1. The first-order valence-electron chi connectivity index (χ1n) is 6.69. The van der Waals surface area contributed by atoms with Crippen LogP contribution in [0.4, 0.5) is 0 Å². The van der Waals surface area contributed by atoms with Crippen LogP contribution in [0.1, 0.15) is 22.3 Å². The van der Waals surface area contributed by atoms with Gasteiger partial charge in [-0.2, -0.15) is 0 Å². The predicted molar refractivity (Wildman–Crippen MR) is 76.1 cm³/mol. The number of aryl methyl sites for hydroxylation is 1. The molecule has 108 valence electrons. The van der Waals surface area contributed by atoms with Crippen LogP contribution in [0.25, 0.3) is 0 Å². The van der Waals surface area contributed by atoms with E-state index in [0.29, 0.717) is 24.3 Å². The van der Waals surface area contributed by atoms with Crippen molar-refractivity contribution in [2.24, 2.45) is 0 Å². The zero-order valence-corrected chi connectivity index (χ0v) is 12.1. The number of rotatable bonds is 3. The topological polar surface area (TPSA) is 58.6 Å². The van der Waals surface area contributed by atoms with Crippen molar-refractivity contribution in [3.63, 3.8) is 0 Å². The van der Waals surface area contributed by atoms with Crippen molar-refractivity contribution in [3.05, 3.63) is 29.3 Å². The van der Waals surface area contributed by atoms with Crippen molar-refractivity contribution in [2.45, 2.75) is 19.4 Å². The van der Waals surface area contributed by atoms with Gasteiger partial charge in [-0.25, -0.2) is 0 Å². The van der Waals surface area contributed by atoms with Crippen molar-refractivity contribution in [3.8, 4) is 5.75 Å². The molecule has 0 spiro atoms. The van der Waals surface area contributed by atoms with Crippen LogP contribution in [-0.2, 0) is 4.79 Å². The molecular weight excluding hydrogens is 256 g/mol. The molecular formula is C15H20N2O3. The zero-order chi connectivity index (χ0) is 14.7. The Hall–Kier alpha value is -1.88. The number of amides is 1. The predicted octanol–water partition coefficient (Wildman–Crippen LogP) is 1.01. The third-order valence-electron chi connectivity index (χ3n) is 3.24. The summed E-state index contributed by atoms with van der Waals surface area (Å²) in [6.45, 7) is 2.61. The molecule has 1 aromatic rings. The van der Waals surface area contributed by atoms with E-state index in [4.69, 9.17) is 4.74 Å². The van der Waals surface area contributed by atoms with Gasteiger partial charge in [0, 0.05) is 6.42 Å². The molecule has 1 atom stereocenters. The highest BCUT2D eigenvalue weighted by Crippen LogP contribution is 2.27. The molecule has 20 heavy (non-hydrogen) atoms. The van der Waals surface area contributed by atoms with E-state index in [1.165, 1.54) is 0 Å². The number of hydrogen-bond acceptors (Lipinski definition) is 4. The van der Waals surface area contributed by atoms with Crippen LogP contribution in [0.3, 0.4) is 0 Å². The second-order valence-electron chi connectivity index (χ2n) is 5.31. The number of carbonyl (C=O) groups is 2. The van der Waals surface area contributed by atoms with Gasteiger partial charge in [0.05, 0.1) is 24.8 Å². The maximum atomic E-state index is 12.5. The van der Waals surface area contributed by atoms with Gasteiger partial charge >= 0.3 is 0 Å². The summed E-state index contributed by atoms with van der Waals surface area (Å²) < 4.78 is 5.66. The summed E-state index contributed by atoms with van der Waals surface area (Å²) in [5, 5.41) is 2.79. The van der Waals surface area contributed by atoms with Gasteiger partial charge in [0.2, 0.25) is 5.91 Å². The third-order valence-corrected chi connectivity index (χ3v) is 3.24. The highest BCUT2D eigenvalue weighted by Gasteiger charge is 2.28. The number of nitrogens with zero attached hydrogens (tertiary/aromatic N) is 1. The minimum atomic E-state index is -0.509.